The smallest absolute Gasteiger partial charge is 0.200 e. The standard InChI is InChI=1S/C22H16F3N5O2S/c23-11-7-13(24)19(14(25)8-11)21(32)10-6-16(26-9-10)17(31)4-5-18-28-30-22(33-18)20-12-2-1-3-15(12)27-29-20/h6-9,26H,1-5H2,(H,27,29). The number of hydrogen-bond donors (Lipinski definition) is 2. The Balaban J connectivity index is 1.26. The Kier molecular flexibility index (Phi) is 5.41. The summed E-state index contributed by atoms with van der Waals surface area (Å²) in [6, 6.07) is 2.09. The molecule has 3 heterocycles. The van der Waals surface area contributed by atoms with E-state index in [1.807, 2.05) is 0 Å². The van der Waals surface area contributed by atoms with Gasteiger partial charge >= 0.3 is 0 Å². The molecule has 168 valence electrons. The van der Waals surface area contributed by atoms with Crippen molar-refractivity contribution in [1.29, 1.82) is 0 Å². The highest BCUT2D eigenvalue weighted by atomic mass is 32.1. The van der Waals surface area contributed by atoms with Gasteiger partial charge in [0.25, 0.3) is 0 Å². The summed E-state index contributed by atoms with van der Waals surface area (Å²) in [7, 11) is 0. The fourth-order valence-corrected chi connectivity index (χ4v) is 4.75. The van der Waals surface area contributed by atoms with Crippen LogP contribution >= 0.6 is 11.3 Å². The highest BCUT2D eigenvalue weighted by molar-refractivity contribution is 7.14. The predicted octanol–water partition coefficient (Wildman–Crippen LogP) is 4.21. The van der Waals surface area contributed by atoms with Gasteiger partial charge in [-0.2, -0.15) is 5.10 Å². The van der Waals surface area contributed by atoms with Gasteiger partial charge in [-0.05, 0) is 25.3 Å². The van der Waals surface area contributed by atoms with E-state index in [0.717, 1.165) is 30.7 Å². The molecule has 0 aliphatic heterocycles. The minimum Gasteiger partial charge on any atom is -0.358 e. The molecule has 1 aromatic carbocycles. The first kappa shape index (κ1) is 21.3. The minimum atomic E-state index is -1.30. The van der Waals surface area contributed by atoms with Gasteiger partial charge in [-0.3, -0.25) is 14.7 Å². The van der Waals surface area contributed by atoms with E-state index in [9.17, 15) is 22.8 Å². The topological polar surface area (TPSA) is 104 Å². The van der Waals surface area contributed by atoms with Crippen LogP contribution in [-0.4, -0.2) is 36.9 Å². The van der Waals surface area contributed by atoms with Crippen LogP contribution in [0.3, 0.4) is 0 Å². The maximum atomic E-state index is 13.9. The first-order chi connectivity index (χ1) is 15.9. The number of aromatic nitrogens is 5. The number of aromatic amines is 2. The van der Waals surface area contributed by atoms with Gasteiger partial charge in [-0.25, -0.2) is 13.2 Å². The second-order valence-corrected chi connectivity index (χ2v) is 8.74. The molecule has 0 unspecified atom stereocenters. The van der Waals surface area contributed by atoms with Crippen molar-refractivity contribution in [2.24, 2.45) is 0 Å². The maximum absolute atomic E-state index is 13.9. The largest absolute Gasteiger partial charge is 0.358 e. The normalized spacial score (nSPS) is 12.8. The maximum Gasteiger partial charge on any atom is 0.200 e. The molecule has 0 fully saturated rings. The number of nitrogens with one attached hydrogen (secondary N) is 2. The van der Waals surface area contributed by atoms with Gasteiger partial charge in [0.05, 0.1) is 11.3 Å². The lowest BCUT2D eigenvalue weighted by atomic mass is 10.0. The van der Waals surface area contributed by atoms with Crippen molar-refractivity contribution in [2.75, 3.05) is 0 Å². The number of benzene rings is 1. The van der Waals surface area contributed by atoms with Gasteiger partial charge in [-0.15, -0.1) is 10.2 Å². The fourth-order valence-electron chi connectivity index (χ4n) is 3.89. The molecule has 1 aliphatic rings. The molecule has 5 rings (SSSR count). The Morgan fingerprint density at radius 2 is 1.85 bits per heavy atom. The molecule has 1 aliphatic carbocycles. The van der Waals surface area contributed by atoms with E-state index in [4.69, 9.17) is 0 Å². The summed E-state index contributed by atoms with van der Waals surface area (Å²) in [5, 5.41) is 17.1. The number of ketones is 2. The zero-order valence-electron chi connectivity index (χ0n) is 17.0. The van der Waals surface area contributed by atoms with Crippen molar-refractivity contribution < 1.29 is 22.8 Å². The average Bonchev–Trinajstić information content (AvgIpc) is 3.55. The van der Waals surface area contributed by atoms with Gasteiger partial charge in [0.15, 0.2) is 16.6 Å². The summed E-state index contributed by atoms with van der Waals surface area (Å²) in [6.07, 6.45) is 4.64. The van der Waals surface area contributed by atoms with Crippen molar-refractivity contribution in [3.8, 4) is 10.7 Å². The van der Waals surface area contributed by atoms with E-state index in [-0.39, 0.29) is 23.5 Å². The van der Waals surface area contributed by atoms with Gasteiger partial charge in [-0.1, -0.05) is 11.3 Å². The number of halogens is 3. The quantitative estimate of drug-likeness (QED) is 0.393. The third-order valence-corrected chi connectivity index (χ3v) is 6.51. The summed E-state index contributed by atoms with van der Waals surface area (Å²) < 4.78 is 40.9. The number of Topliss-reactive ketones (excluding diaryl/α,β-unsaturated/α-hetero) is 1. The molecule has 33 heavy (non-hydrogen) atoms. The lowest BCUT2D eigenvalue weighted by Gasteiger charge is -2.02. The highest BCUT2D eigenvalue weighted by Gasteiger charge is 2.24. The molecule has 7 nitrogen and oxygen atoms in total. The summed E-state index contributed by atoms with van der Waals surface area (Å²) >= 11 is 1.37. The number of fused-ring (bicyclic) bond motifs is 1. The van der Waals surface area contributed by atoms with Crippen LogP contribution in [0.2, 0.25) is 0 Å². The molecule has 0 saturated carbocycles. The molecule has 3 aromatic heterocycles. The van der Waals surface area contributed by atoms with Gasteiger partial charge in [0.1, 0.15) is 28.2 Å². The Morgan fingerprint density at radius 1 is 1.06 bits per heavy atom. The van der Waals surface area contributed by atoms with Crippen molar-refractivity contribution in [2.45, 2.75) is 32.1 Å². The van der Waals surface area contributed by atoms with E-state index in [1.165, 1.54) is 29.2 Å². The number of nitrogens with zero attached hydrogens (tertiary/aromatic N) is 3. The van der Waals surface area contributed by atoms with Gasteiger partial charge in [0, 0.05) is 48.0 Å². The van der Waals surface area contributed by atoms with Crippen LogP contribution in [0.1, 0.15) is 55.5 Å². The average molecular weight is 471 g/mol. The van der Waals surface area contributed by atoms with Crippen molar-refractivity contribution >= 4 is 22.9 Å². The van der Waals surface area contributed by atoms with E-state index in [0.29, 0.717) is 28.6 Å². The van der Waals surface area contributed by atoms with Crippen molar-refractivity contribution in [3.63, 3.8) is 0 Å². The van der Waals surface area contributed by atoms with Crippen molar-refractivity contribution in [3.05, 3.63) is 74.9 Å². The number of carbonyl (C=O) groups excluding carboxylic acids is 2. The van der Waals surface area contributed by atoms with Crippen LogP contribution in [0.4, 0.5) is 13.2 Å². The Labute approximate surface area is 189 Å². The number of aryl methyl sites for hydroxylation is 2. The highest BCUT2D eigenvalue weighted by Crippen LogP contribution is 2.32. The summed E-state index contributed by atoms with van der Waals surface area (Å²) in [6.45, 7) is 0. The first-order valence-electron chi connectivity index (χ1n) is 10.2. The zero-order valence-corrected chi connectivity index (χ0v) is 17.9. The fraction of sp³-hybridized carbons (Fsp3) is 0.227. The second kappa shape index (κ2) is 8.39. The molecular weight excluding hydrogens is 455 g/mol. The molecule has 0 bridgehead atoms. The SMILES string of the molecule is O=C(CCc1nnc(-c2n[nH]c3c2CCC3)s1)c1cc(C(=O)c2c(F)cc(F)cc2F)c[nH]1. The molecule has 0 atom stereocenters. The number of carbonyl (C=O) groups is 2. The van der Waals surface area contributed by atoms with Gasteiger partial charge in [0.2, 0.25) is 0 Å². The molecule has 11 heteroatoms. The van der Waals surface area contributed by atoms with Crippen LogP contribution in [0.5, 0.6) is 0 Å². The lowest BCUT2D eigenvalue weighted by molar-refractivity contribution is 0.0978. The number of hydrogen-bond acceptors (Lipinski definition) is 6. The summed E-state index contributed by atoms with van der Waals surface area (Å²) in [5.74, 6) is -5.02. The first-order valence-corrected chi connectivity index (χ1v) is 11.0. The summed E-state index contributed by atoms with van der Waals surface area (Å²) in [5.41, 5.74) is 2.26. The van der Waals surface area contributed by atoms with Crippen molar-refractivity contribution in [1.82, 2.24) is 25.4 Å². The third-order valence-electron chi connectivity index (χ3n) is 5.52. The molecule has 2 N–H and O–H groups in total. The van der Waals surface area contributed by atoms with Crippen LogP contribution in [0, 0.1) is 17.5 Å². The molecule has 4 aromatic rings. The minimum absolute atomic E-state index is 0.0979. The van der Waals surface area contributed by atoms with E-state index in [1.54, 1.807) is 0 Å². The molecule has 0 saturated heterocycles. The van der Waals surface area contributed by atoms with Crippen LogP contribution in [-0.2, 0) is 19.3 Å². The molecule has 0 amide bonds. The summed E-state index contributed by atoms with van der Waals surface area (Å²) in [4.78, 5) is 27.7. The monoisotopic (exact) mass is 471 g/mol. The lowest BCUT2D eigenvalue weighted by Crippen LogP contribution is -2.07. The Morgan fingerprint density at radius 3 is 2.64 bits per heavy atom. The van der Waals surface area contributed by atoms with Crippen LogP contribution in [0.15, 0.2) is 24.4 Å². The Bertz CT molecular complexity index is 1370. The number of rotatable bonds is 7. The third kappa shape index (κ3) is 3.99. The number of H-pyrrole nitrogens is 2. The van der Waals surface area contributed by atoms with Crippen LogP contribution in [0.25, 0.3) is 10.7 Å². The zero-order chi connectivity index (χ0) is 23.1. The predicted molar refractivity (Wildman–Crippen MR) is 113 cm³/mol. The van der Waals surface area contributed by atoms with E-state index >= 15 is 0 Å². The van der Waals surface area contributed by atoms with Gasteiger partial charge < -0.3 is 4.98 Å². The molecule has 0 radical (unpaired) electrons. The van der Waals surface area contributed by atoms with E-state index < -0.39 is 28.8 Å². The van der Waals surface area contributed by atoms with Crippen LogP contribution < -0.4 is 0 Å². The second-order valence-electron chi connectivity index (χ2n) is 7.68. The Hall–Kier alpha value is -3.60. The molecular formula is C22H16F3N5O2S. The van der Waals surface area contributed by atoms with E-state index in [2.05, 4.69) is 25.4 Å². The molecule has 0 spiro atoms.